The highest BCUT2D eigenvalue weighted by Gasteiger charge is 2.64. The number of para-hydroxylation sites is 1. The van der Waals surface area contributed by atoms with Gasteiger partial charge in [0, 0.05) is 29.6 Å². The summed E-state index contributed by atoms with van der Waals surface area (Å²) in [5, 5.41) is 13.9. The SMILES string of the molecule is O=C(Nc1ccc([N+](=O)[O-])cc1)[C@@H]1[C@H]2C(=O)N(c3ccc4c(c3)OCCO4)C(=O)[C@@H]2[C@@H]2C=Cc3ccccc3N12. The zero-order chi connectivity index (χ0) is 27.5. The van der Waals surface area contributed by atoms with Gasteiger partial charge in [-0.05, 0) is 35.9 Å². The van der Waals surface area contributed by atoms with Crippen molar-refractivity contribution in [3.8, 4) is 11.5 Å². The smallest absolute Gasteiger partial charge is 0.269 e. The number of carbonyl (C=O) groups is 3. The molecule has 0 spiro atoms. The lowest BCUT2D eigenvalue weighted by Gasteiger charge is -2.36. The Hall–Kier alpha value is -5.19. The summed E-state index contributed by atoms with van der Waals surface area (Å²) >= 11 is 0. The van der Waals surface area contributed by atoms with Gasteiger partial charge in [-0.1, -0.05) is 30.4 Å². The van der Waals surface area contributed by atoms with Gasteiger partial charge in [0.05, 0.1) is 28.5 Å². The topological polar surface area (TPSA) is 131 Å². The van der Waals surface area contributed by atoms with E-state index in [9.17, 15) is 24.5 Å². The molecule has 0 bridgehead atoms. The van der Waals surface area contributed by atoms with Crippen LogP contribution in [0.25, 0.3) is 6.08 Å². The molecule has 40 heavy (non-hydrogen) atoms. The van der Waals surface area contributed by atoms with Crippen molar-refractivity contribution in [2.24, 2.45) is 11.8 Å². The lowest BCUT2D eigenvalue weighted by atomic mass is 9.88. The zero-order valence-corrected chi connectivity index (χ0v) is 20.9. The van der Waals surface area contributed by atoms with E-state index in [1.54, 1.807) is 18.2 Å². The Balaban J connectivity index is 1.27. The van der Waals surface area contributed by atoms with E-state index in [-0.39, 0.29) is 5.69 Å². The molecular weight excluding hydrogens is 516 g/mol. The summed E-state index contributed by atoms with van der Waals surface area (Å²) in [7, 11) is 0. The highest BCUT2D eigenvalue weighted by atomic mass is 16.6. The fraction of sp³-hybridized carbons (Fsp3) is 0.207. The average Bonchev–Trinajstić information content (AvgIpc) is 3.45. The second-order valence-corrected chi connectivity index (χ2v) is 9.95. The minimum absolute atomic E-state index is 0.110. The van der Waals surface area contributed by atoms with Crippen LogP contribution in [0.1, 0.15) is 5.56 Å². The Kier molecular flexibility index (Phi) is 5.34. The fourth-order valence-corrected chi connectivity index (χ4v) is 6.12. The number of imide groups is 1. The molecule has 7 rings (SSSR count). The third kappa shape index (κ3) is 3.54. The second kappa shape index (κ2) is 8.94. The van der Waals surface area contributed by atoms with Gasteiger partial charge in [0.25, 0.3) is 5.69 Å². The number of benzene rings is 3. The van der Waals surface area contributed by atoms with Crippen molar-refractivity contribution in [1.29, 1.82) is 0 Å². The molecule has 1 N–H and O–H groups in total. The first-order valence-electron chi connectivity index (χ1n) is 12.8. The van der Waals surface area contributed by atoms with Gasteiger partial charge in [0.1, 0.15) is 19.3 Å². The van der Waals surface area contributed by atoms with Crippen molar-refractivity contribution in [3.63, 3.8) is 0 Å². The number of nitrogens with zero attached hydrogens (tertiary/aromatic N) is 3. The predicted molar refractivity (Wildman–Crippen MR) is 144 cm³/mol. The van der Waals surface area contributed by atoms with Gasteiger partial charge in [0.2, 0.25) is 17.7 Å². The number of hydrogen-bond acceptors (Lipinski definition) is 8. The maximum atomic E-state index is 14.0. The molecule has 11 nitrogen and oxygen atoms in total. The van der Waals surface area contributed by atoms with Crippen LogP contribution >= 0.6 is 0 Å². The second-order valence-electron chi connectivity index (χ2n) is 9.95. The van der Waals surface area contributed by atoms with E-state index >= 15 is 0 Å². The molecule has 4 aliphatic rings. The van der Waals surface area contributed by atoms with Crippen molar-refractivity contribution in [2.75, 3.05) is 28.3 Å². The Morgan fingerprint density at radius 2 is 1.65 bits per heavy atom. The molecule has 11 heteroatoms. The molecule has 2 saturated heterocycles. The number of fused-ring (bicyclic) bond motifs is 6. The van der Waals surface area contributed by atoms with Crippen molar-refractivity contribution in [3.05, 3.63) is 88.5 Å². The number of amides is 3. The van der Waals surface area contributed by atoms with Gasteiger partial charge in [-0.3, -0.25) is 24.5 Å². The molecular formula is C29H22N4O7. The third-order valence-corrected chi connectivity index (χ3v) is 7.81. The number of hydrogen-bond donors (Lipinski definition) is 1. The van der Waals surface area contributed by atoms with Crippen LogP contribution in [0.3, 0.4) is 0 Å². The normalized spacial score (nSPS) is 23.9. The van der Waals surface area contributed by atoms with E-state index in [2.05, 4.69) is 5.32 Å². The molecule has 0 radical (unpaired) electrons. The van der Waals surface area contributed by atoms with Crippen LogP contribution in [-0.4, -0.2) is 47.9 Å². The van der Waals surface area contributed by atoms with E-state index in [4.69, 9.17) is 9.47 Å². The molecule has 2 fully saturated rings. The number of ether oxygens (including phenoxy) is 2. The molecule has 200 valence electrons. The molecule has 0 aliphatic carbocycles. The third-order valence-electron chi connectivity index (χ3n) is 7.81. The average molecular weight is 539 g/mol. The standard InChI is InChI=1S/C29H22N4O7/c34-27(30-17-6-8-18(9-7-17)33(37)38)26-25-24(21-11-5-16-3-1-2-4-20(16)32(21)26)28(35)31(29(25)36)19-10-12-22-23(15-19)40-14-13-39-22/h1-12,15,21,24-26H,13-14H2,(H,30,34)/t21-,24+,25-,26-/m0/s1. The highest BCUT2D eigenvalue weighted by molar-refractivity contribution is 6.25. The summed E-state index contributed by atoms with van der Waals surface area (Å²) in [5.74, 6) is -2.12. The van der Waals surface area contributed by atoms with Crippen LogP contribution in [0.2, 0.25) is 0 Å². The van der Waals surface area contributed by atoms with Crippen LogP contribution in [-0.2, 0) is 14.4 Å². The lowest BCUT2D eigenvalue weighted by Crippen LogP contribution is -2.50. The molecule has 0 aromatic heterocycles. The predicted octanol–water partition coefficient (Wildman–Crippen LogP) is 3.39. The number of carbonyl (C=O) groups excluding carboxylic acids is 3. The lowest BCUT2D eigenvalue weighted by molar-refractivity contribution is -0.384. The van der Waals surface area contributed by atoms with Crippen LogP contribution < -0.4 is 24.6 Å². The minimum atomic E-state index is -1.00. The molecule has 4 aliphatic heterocycles. The zero-order valence-electron chi connectivity index (χ0n) is 20.9. The first-order valence-corrected chi connectivity index (χ1v) is 12.8. The molecule has 4 heterocycles. The highest BCUT2D eigenvalue weighted by Crippen LogP contribution is 2.50. The fourth-order valence-electron chi connectivity index (χ4n) is 6.12. The molecule has 3 amide bonds. The monoisotopic (exact) mass is 538 g/mol. The number of non-ortho nitro benzene ring substituents is 1. The number of nitro benzene ring substituents is 1. The quantitative estimate of drug-likeness (QED) is 0.304. The van der Waals surface area contributed by atoms with E-state index in [1.807, 2.05) is 41.3 Å². The van der Waals surface area contributed by atoms with Gasteiger partial charge in [-0.15, -0.1) is 0 Å². The Labute approximate surface area is 227 Å². The molecule has 4 atom stereocenters. The van der Waals surface area contributed by atoms with Gasteiger partial charge in [-0.2, -0.15) is 0 Å². The summed E-state index contributed by atoms with van der Waals surface area (Å²) in [6.07, 6.45) is 3.78. The molecule has 3 aromatic rings. The van der Waals surface area contributed by atoms with Gasteiger partial charge >= 0.3 is 0 Å². The van der Waals surface area contributed by atoms with Gasteiger partial charge in [-0.25, -0.2) is 4.90 Å². The summed E-state index contributed by atoms with van der Waals surface area (Å²) in [4.78, 5) is 55.4. The molecule has 0 saturated carbocycles. The summed E-state index contributed by atoms with van der Waals surface area (Å²) in [6, 6.07) is 16.4. The van der Waals surface area contributed by atoms with E-state index < -0.39 is 46.6 Å². The first-order chi connectivity index (χ1) is 19.4. The van der Waals surface area contributed by atoms with Crippen molar-refractivity contribution in [1.82, 2.24) is 0 Å². The maximum Gasteiger partial charge on any atom is 0.269 e. The summed E-state index contributed by atoms with van der Waals surface area (Å²) in [6.45, 7) is 0.769. The Morgan fingerprint density at radius 1 is 0.925 bits per heavy atom. The van der Waals surface area contributed by atoms with Crippen LogP contribution in [0.4, 0.5) is 22.7 Å². The van der Waals surface area contributed by atoms with Crippen LogP contribution in [0.15, 0.2) is 72.8 Å². The largest absolute Gasteiger partial charge is 0.486 e. The van der Waals surface area contributed by atoms with Crippen LogP contribution in [0.5, 0.6) is 11.5 Å². The van der Waals surface area contributed by atoms with Crippen molar-refractivity contribution >= 4 is 46.5 Å². The Morgan fingerprint density at radius 3 is 2.42 bits per heavy atom. The molecule has 0 unspecified atom stereocenters. The van der Waals surface area contributed by atoms with Crippen LogP contribution in [0, 0.1) is 22.0 Å². The summed E-state index contributed by atoms with van der Waals surface area (Å²) < 4.78 is 11.2. The van der Waals surface area contributed by atoms with E-state index in [0.717, 1.165) is 16.2 Å². The Bertz CT molecular complexity index is 1620. The minimum Gasteiger partial charge on any atom is -0.486 e. The van der Waals surface area contributed by atoms with E-state index in [0.29, 0.717) is 36.1 Å². The van der Waals surface area contributed by atoms with Gasteiger partial charge < -0.3 is 19.7 Å². The van der Waals surface area contributed by atoms with Gasteiger partial charge in [0.15, 0.2) is 11.5 Å². The number of rotatable bonds is 4. The number of anilines is 3. The first kappa shape index (κ1) is 23.9. The van der Waals surface area contributed by atoms with E-state index in [1.165, 1.54) is 24.3 Å². The molecule has 3 aromatic carbocycles. The summed E-state index contributed by atoms with van der Waals surface area (Å²) in [5.41, 5.74) is 2.21. The number of nitrogens with one attached hydrogen (secondary N) is 1. The number of nitro groups is 1. The van der Waals surface area contributed by atoms with Crippen molar-refractivity contribution < 1.29 is 28.8 Å². The maximum absolute atomic E-state index is 14.0. The van der Waals surface area contributed by atoms with Crippen molar-refractivity contribution in [2.45, 2.75) is 12.1 Å².